The Morgan fingerprint density at radius 3 is 2.54 bits per heavy atom. The first-order valence-electron chi connectivity index (χ1n) is 8.75. The highest BCUT2D eigenvalue weighted by Crippen LogP contribution is 2.41. The molecule has 0 amide bonds. The van der Waals surface area contributed by atoms with E-state index in [2.05, 4.69) is 5.32 Å². The first kappa shape index (κ1) is 19.9. The highest BCUT2D eigenvalue weighted by Gasteiger charge is 2.38. The highest BCUT2D eigenvalue weighted by molar-refractivity contribution is 5.89. The quantitative estimate of drug-likeness (QED) is 0.711. The lowest BCUT2D eigenvalue weighted by molar-refractivity contribution is -0.138. The van der Waals surface area contributed by atoms with Gasteiger partial charge < -0.3 is 29.2 Å². The normalized spacial score (nSPS) is 17.8. The molecule has 144 valence electrons. The molecule has 1 N–H and O–H groups in total. The van der Waals surface area contributed by atoms with Crippen LogP contribution in [0.1, 0.15) is 39.4 Å². The van der Waals surface area contributed by atoms with E-state index < -0.39 is 0 Å². The summed E-state index contributed by atoms with van der Waals surface area (Å²) in [5, 5.41) is 3.27. The predicted molar refractivity (Wildman–Crippen MR) is 97.7 cm³/mol. The van der Waals surface area contributed by atoms with Crippen molar-refractivity contribution >= 4 is 5.97 Å². The van der Waals surface area contributed by atoms with Crippen LogP contribution in [0, 0.1) is 0 Å². The van der Waals surface area contributed by atoms with Crippen LogP contribution in [0.2, 0.25) is 0 Å². The summed E-state index contributed by atoms with van der Waals surface area (Å²) < 4.78 is 22.0. The molecule has 1 aliphatic heterocycles. The summed E-state index contributed by atoms with van der Waals surface area (Å²) in [4.78, 5) is 14.4. The molecule has 0 radical (unpaired) electrons. The minimum Gasteiger partial charge on any atom is -0.493 e. The van der Waals surface area contributed by atoms with Crippen LogP contribution in [0.25, 0.3) is 0 Å². The van der Waals surface area contributed by atoms with E-state index in [1.807, 2.05) is 43.9 Å². The number of nitrogens with zero attached hydrogens (tertiary/aromatic N) is 1. The van der Waals surface area contributed by atoms with Crippen molar-refractivity contribution in [1.82, 2.24) is 10.2 Å². The number of ether oxygens (including phenoxy) is 4. The second kappa shape index (κ2) is 8.80. The van der Waals surface area contributed by atoms with E-state index in [1.54, 1.807) is 21.1 Å². The maximum Gasteiger partial charge on any atom is 0.356 e. The minimum atomic E-state index is -0.386. The van der Waals surface area contributed by atoms with Crippen molar-refractivity contribution in [2.75, 3.05) is 27.4 Å². The minimum absolute atomic E-state index is 0.250. The van der Waals surface area contributed by atoms with Crippen molar-refractivity contribution in [3.63, 3.8) is 0 Å². The topological polar surface area (TPSA) is 69.3 Å². The molecule has 1 aliphatic rings. The second-order valence-electron chi connectivity index (χ2n) is 5.77. The van der Waals surface area contributed by atoms with Crippen molar-refractivity contribution in [3.8, 4) is 11.5 Å². The number of carbonyl (C=O) groups excluding carboxylic acids is 1. The van der Waals surface area contributed by atoms with Crippen LogP contribution in [0.15, 0.2) is 29.6 Å². The molecule has 2 atom stereocenters. The highest BCUT2D eigenvalue weighted by atomic mass is 16.5. The van der Waals surface area contributed by atoms with E-state index in [0.29, 0.717) is 30.4 Å². The van der Waals surface area contributed by atoms with Crippen molar-refractivity contribution in [2.45, 2.75) is 40.1 Å². The predicted octanol–water partition coefficient (Wildman–Crippen LogP) is 2.78. The number of benzene rings is 1. The van der Waals surface area contributed by atoms with Crippen LogP contribution in [0.5, 0.6) is 11.5 Å². The van der Waals surface area contributed by atoms with Crippen molar-refractivity contribution in [1.29, 1.82) is 0 Å². The number of hydrogen-bond donors (Lipinski definition) is 1. The van der Waals surface area contributed by atoms with Crippen molar-refractivity contribution in [3.05, 3.63) is 35.2 Å². The summed E-state index contributed by atoms with van der Waals surface area (Å²) in [6.45, 7) is 8.41. The van der Waals surface area contributed by atoms with Crippen LogP contribution in [0.4, 0.5) is 0 Å². The first-order valence-corrected chi connectivity index (χ1v) is 8.75. The number of carbonyl (C=O) groups is 1. The van der Waals surface area contributed by atoms with E-state index in [9.17, 15) is 4.79 Å². The Kier molecular flexibility index (Phi) is 6.74. The lowest BCUT2D eigenvalue weighted by Crippen LogP contribution is -2.37. The Morgan fingerprint density at radius 2 is 1.96 bits per heavy atom. The van der Waals surface area contributed by atoms with E-state index >= 15 is 0 Å². The van der Waals surface area contributed by atoms with Crippen LogP contribution in [-0.2, 0) is 14.3 Å². The lowest BCUT2D eigenvalue weighted by atomic mass is 10.1. The SMILES string of the molecule is CCOC(=O)C1=C(C)N(C(C)OCC)C(c2cccc(OC)c2OC)N1. The molecule has 7 nitrogen and oxygen atoms in total. The third-order valence-electron chi connectivity index (χ3n) is 4.32. The molecular formula is C19H28N2O5. The van der Waals surface area contributed by atoms with Gasteiger partial charge in [0, 0.05) is 17.9 Å². The fourth-order valence-electron chi connectivity index (χ4n) is 3.20. The zero-order valence-electron chi connectivity index (χ0n) is 16.3. The summed E-state index contributed by atoms with van der Waals surface area (Å²) in [7, 11) is 3.19. The lowest BCUT2D eigenvalue weighted by Gasteiger charge is -2.34. The summed E-state index contributed by atoms with van der Waals surface area (Å²) in [6, 6.07) is 5.66. The number of allylic oxidation sites excluding steroid dienone is 1. The molecule has 0 aliphatic carbocycles. The van der Waals surface area contributed by atoms with Crippen LogP contribution >= 0.6 is 0 Å². The van der Waals surface area contributed by atoms with Gasteiger partial charge in [-0.3, -0.25) is 0 Å². The van der Waals surface area contributed by atoms with Gasteiger partial charge >= 0.3 is 5.97 Å². The first-order chi connectivity index (χ1) is 12.5. The Bertz CT molecular complexity index is 674. The molecule has 1 heterocycles. The summed E-state index contributed by atoms with van der Waals surface area (Å²) in [5.74, 6) is 0.847. The molecule has 0 bridgehead atoms. The van der Waals surface area contributed by atoms with Crippen molar-refractivity contribution < 1.29 is 23.7 Å². The third-order valence-corrected chi connectivity index (χ3v) is 4.32. The van der Waals surface area contributed by atoms with Gasteiger partial charge in [0.2, 0.25) is 0 Å². The number of methoxy groups -OCH3 is 2. The molecule has 0 saturated carbocycles. The van der Waals surface area contributed by atoms with Crippen LogP contribution < -0.4 is 14.8 Å². The fraction of sp³-hybridized carbons (Fsp3) is 0.526. The molecule has 0 aromatic heterocycles. The standard InChI is InChI=1S/C19H28N2O5/c1-7-25-13(4)21-12(3)16(19(22)26-8-2)20-18(21)14-10-9-11-15(23-5)17(14)24-6/h9-11,13,18,20H,7-8H2,1-6H3. The Morgan fingerprint density at radius 1 is 1.23 bits per heavy atom. The van der Waals surface area contributed by atoms with Gasteiger partial charge in [-0.1, -0.05) is 12.1 Å². The molecule has 2 rings (SSSR count). The Hall–Kier alpha value is -2.41. The summed E-state index contributed by atoms with van der Waals surface area (Å²) in [6.07, 6.45) is -0.596. The molecule has 1 aromatic rings. The smallest absolute Gasteiger partial charge is 0.356 e. The summed E-state index contributed by atoms with van der Waals surface area (Å²) >= 11 is 0. The molecule has 26 heavy (non-hydrogen) atoms. The van der Waals surface area contributed by atoms with Gasteiger partial charge in [-0.2, -0.15) is 0 Å². The van der Waals surface area contributed by atoms with Gasteiger partial charge in [0.15, 0.2) is 11.5 Å². The van der Waals surface area contributed by atoms with Gasteiger partial charge in [-0.15, -0.1) is 0 Å². The zero-order valence-corrected chi connectivity index (χ0v) is 16.3. The molecule has 7 heteroatoms. The van der Waals surface area contributed by atoms with Gasteiger partial charge in [0.05, 0.1) is 20.8 Å². The maximum atomic E-state index is 12.4. The number of esters is 1. The monoisotopic (exact) mass is 364 g/mol. The van der Waals surface area contributed by atoms with Gasteiger partial charge in [0.1, 0.15) is 18.1 Å². The van der Waals surface area contributed by atoms with Crippen molar-refractivity contribution in [2.24, 2.45) is 0 Å². The number of nitrogens with one attached hydrogen (secondary N) is 1. The molecule has 0 fully saturated rings. The number of para-hydroxylation sites is 1. The zero-order chi connectivity index (χ0) is 19.3. The average molecular weight is 364 g/mol. The maximum absolute atomic E-state index is 12.4. The molecular weight excluding hydrogens is 336 g/mol. The third kappa shape index (κ3) is 3.72. The van der Waals surface area contributed by atoms with Crippen LogP contribution in [-0.4, -0.2) is 44.5 Å². The Balaban J connectivity index is 2.49. The summed E-state index contributed by atoms with van der Waals surface area (Å²) in [5.41, 5.74) is 2.03. The Labute approximate surface area is 154 Å². The number of hydrogen-bond acceptors (Lipinski definition) is 7. The van der Waals surface area contributed by atoms with E-state index in [4.69, 9.17) is 18.9 Å². The van der Waals surface area contributed by atoms with E-state index in [-0.39, 0.29) is 18.4 Å². The molecule has 0 saturated heterocycles. The molecule has 1 aromatic carbocycles. The van der Waals surface area contributed by atoms with Crippen LogP contribution in [0.3, 0.4) is 0 Å². The average Bonchev–Trinajstić information content (AvgIpc) is 2.98. The van der Waals surface area contributed by atoms with Gasteiger partial charge in [-0.05, 0) is 33.8 Å². The van der Waals surface area contributed by atoms with Gasteiger partial charge in [0.25, 0.3) is 0 Å². The molecule has 2 unspecified atom stereocenters. The fourth-order valence-corrected chi connectivity index (χ4v) is 3.20. The molecule has 0 spiro atoms. The second-order valence-corrected chi connectivity index (χ2v) is 5.77. The number of rotatable bonds is 8. The van der Waals surface area contributed by atoms with E-state index in [1.165, 1.54) is 0 Å². The van der Waals surface area contributed by atoms with E-state index in [0.717, 1.165) is 11.3 Å². The largest absolute Gasteiger partial charge is 0.493 e. The van der Waals surface area contributed by atoms with Gasteiger partial charge in [-0.25, -0.2) is 4.79 Å².